The minimum atomic E-state index is -0.424. The maximum absolute atomic E-state index is 13.5. The maximum atomic E-state index is 13.5. The average molecular weight is 296 g/mol. The molecule has 0 spiro atoms. The smallest absolute Gasteiger partial charge is 0.258 e. The monoisotopic (exact) mass is 296 g/mol. The third kappa shape index (κ3) is 3.03. The van der Waals surface area contributed by atoms with E-state index in [1.54, 1.807) is 0 Å². The van der Waals surface area contributed by atoms with Gasteiger partial charge in [0.05, 0.1) is 11.9 Å². The zero-order valence-corrected chi connectivity index (χ0v) is 11.6. The molecular weight excluding hydrogens is 283 g/mol. The predicted octanol–water partition coefficient (Wildman–Crippen LogP) is 3.16. The summed E-state index contributed by atoms with van der Waals surface area (Å²) >= 11 is 0. The van der Waals surface area contributed by atoms with Crippen molar-refractivity contribution in [2.45, 2.75) is 6.61 Å². The molecule has 2 aromatic carbocycles. The normalized spacial score (nSPS) is 10.4. The Morgan fingerprint density at radius 3 is 2.68 bits per heavy atom. The third-order valence-electron chi connectivity index (χ3n) is 3.19. The molecule has 0 saturated carbocycles. The molecule has 5 heteroatoms. The molecule has 0 atom stereocenters. The highest BCUT2D eigenvalue weighted by atomic mass is 19.1. The summed E-state index contributed by atoms with van der Waals surface area (Å²) in [5.41, 5.74) is 1.50. The number of nitrogens with one attached hydrogen (secondary N) is 1. The minimum Gasteiger partial charge on any atom is -0.488 e. The number of aromatic amines is 1. The highest BCUT2D eigenvalue weighted by Crippen LogP contribution is 2.28. The number of halogens is 1. The summed E-state index contributed by atoms with van der Waals surface area (Å²) in [4.78, 5) is 18.3. The van der Waals surface area contributed by atoms with Gasteiger partial charge in [-0.2, -0.15) is 0 Å². The lowest BCUT2D eigenvalue weighted by Gasteiger charge is -2.11. The molecule has 3 aromatic rings. The van der Waals surface area contributed by atoms with Gasteiger partial charge in [-0.3, -0.25) is 4.79 Å². The third-order valence-corrected chi connectivity index (χ3v) is 3.19. The van der Waals surface area contributed by atoms with Gasteiger partial charge in [0.2, 0.25) is 0 Å². The van der Waals surface area contributed by atoms with Gasteiger partial charge >= 0.3 is 0 Å². The van der Waals surface area contributed by atoms with Crippen molar-refractivity contribution in [1.82, 2.24) is 9.97 Å². The lowest BCUT2D eigenvalue weighted by atomic mass is 10.1. The molecule has 0 unspecified atom stereocenters. The van der Waals surface area contributed by atoms with Crippen molar-refractivity contribution in [1.29, 1.82) is 0 Å². The largest absolute Gasteiger partial charge is 0.488 e. The first-order valence-corrected chi connectivity index (χ1v) is 6.73. The molecule has 0 aliphatic rings. The first-order valence-electron chi connectivity index (χ1n) is 6.73. The Morgan fingerprint density at radius 2 is 1.91 bits per heavy atom. The van der Waals surface area contributed by atoms with E-state index in [1.807, 2.05) is 30.3 Å². The van der Waals surface area contributed by atoms with Gasteiger partial charge in [0.25, 0.3) is 5.56 Å². The fourth-order valence-electron chi connectivity index (χ4n) is 2.11. The van der Waals surface area contributed by atoms with Gasteiger partial charge in [-0.05, 0) is 17.7 Å². The topological polar surface area (TPSA) is 55.0 Å². The van der Waals surface area contributed by atoms with Crippen LogP contribution in [0, 0.1) is 5.82 Å². The Labute approximate surface area is 126 Å². The molecule has 110 valence electrons. The van der Waals surface area contributed by atoms with Crippen LogP contribution in [0.15, 0.2) is 65.8 Å². The molecular formula is C17H13FN2O2. The lowest BCUT2D eigenvalue weighted by molar-refractivity contribution is 0.306. The van der Waals surface area contributed by atoms with E-state index in [2.05, 4.69) is 9.97 Å². The molecule has 3 rings (SSSR count). The van der Waals surface area contributed by atoms with Crippen LogP contribution in [0.1, 0.15) is 5.56 Å². The number of hydrogen-bond acceptors (Lipinski definition) is 3. The Kier molecular flexibility index (Phi) is 3.96. The molecule has 4 nitrogen and oxygen atoms in total. The molecule has 0 fully saturated rings. The number of aromatic nitrogens is 2. The Morgan fingerprint density at radius 1 is 1.09 bits per heavy atom. The quantitative estimate of drug-likeness (QED) is 0.804. The Bertz CT molecular complexity index is 831. The molecule has 0 amide bonds. The van der Waals surface area contributed by atoms with E-state index < -0.39 is 5.82 Å². The van der Waals surface area contributed by atoms with Gasteiger partial charge in [-0.15, -0.1) is 0 Å². The molecule has 22 heavy (non-hydrogen) atoms. The van der Waals surface area contributed by atoms with Crippen molar-refractivity contribution in [2.75, 3.05) is 0 Å². The van der Waals surface area contributed by atoms with Crippen LogP contribution in [0.25, 0.3) is 11.1 Å². The summed E-state index contributed by atoms with van der Waals surface area (Å²) in [5.74, 6) is -0.116. The Balaban J connectivity index is 1.95. The van der Waals surface area contributed by atoms with Crippen molar-refractivity contribution in [3.8, 4) is 16.9 Å². The van der Waals surface area contributed by atoms with Crippen LogP contribution in [0.2, 0.25) is 0 Å². The van der Waals surface area contributed by atoms with Crippen LogP contribution in [0.3, 0.4) is 0 Å². The van der Waals surface area contributed by atoms with Crippen LogP contribution in [-0.4, -0.2) is 9.97 Å². The molecule has 1 aromatic heterocycles. The fourth-order valence-corrected chi connectivity index (χ4v) is 2.11. The summed E-state index contributed by atoms with van der Waals surface area (Å²) in [5, 5.41) is 0. The second-order valence-electron chi connectivity index (χ2n) is 4.71. The zero-order chi connectivity index (χ0) is 15.4. The van der Waals surface area contributed by atoms with Gasteiger partial charge in [-0.25, -0.2) is 9.37 Å². The number of rotatable bonds is 4. The first-order chi connectivity index (χ1) is 10.7. The lowest BCUT2D eigenvalue weighted by Crippen LogP contribution is -2.09. The highest BCUT2D eigenvalue weighted by molar-refractivity contribution is 5.68. The van der Waals surface area contributed by atoms with E-state index in [-0.39, 0.29) is 12.2 Å². The summed E-state index contributed by atoms with van der Waals surface area (Å²) < 4.78 is 19.2. The van der Waals surface area contributed by atoms with Crippen LogP contribution in [0.5, 0.6) is 5.75 Å². The van der Waals surface area contributed by atoms with Crippen molar-refractivity contribution in [3.63, 3.8) is 0 Å². The van der Waals surface area contributed by atoms with Crippen LogP contribution in [-0.2, 0) is 6.61 Å². The summed E-state index contributed by atoms with van der Waals surface area (Å²) in [6.45, 7) is 0.287. The van der Waals surface area contributed by atoms with Gasteiger partial charge in [0.15, 0.2) is 0 Å². The van der Waals surface area contributed by atoms with E-state index in [9.17, 15) is 9.18 Å². The first kappa shape index (κ1) is 14.0. The van der Waals surface area contributed by atoms with Crippen molar-refractivity contribution >= 4 is 0 Å². The second-order valence-corrected chi connectivity index (χ2v) is 4.71. The van der Waals surface area contributed by atoms with Crippen LogP contribution < -0.4 is 10.3 Å². The van der Waals surface area contributed by atoms with Crippen molar-refractivity contribution in [3.05, 3.63) is 82.8 Å². The summed E-state index contributed by atoms with van der Waals surface area (Å²) in [6.07, 6.45) is 2.74. The molecule has 0 radical (unpaired) electrons. The number of benzene rings is 2. The minimum absolute atomic E-state index is 0.287. The fraction of sp³-hybridized carbons (Fsp3) is 0.0588. The SMILES string of the molecule is O=c1[nH]cncc1-c1ccc(F)cc1OCc1ccccc1. The summed E-state index contributed by atoms with van der Waals surface area (Å²) in [7, 11) is 0. The number of nitrogens with zero attached hydrogens (tertiary/aromatic N) is 1. The number of hydrogen-bond donors (Lipinski definition) is 1. The van der Waals surface area contributed by atoms with E-state index in [4.69, 9.17) is 4.74 Å². The number of ether oxygens (including phenoxy) is 1. The Hall–Kier alpha value is -2.95. The van der Waals surface area contributed by atoms with E-state index in [0.717, 1.165) is 5.56 Å². The van der Waals surface area contributed by atoms with E-state index in [0.29, 0.717) is 16.9 Å². The molecule has 0 aliphatic carbocycles. The molecule has 0 bridgehead atoms. The van der Waals surface area contributed by atoms with Gasteiger partial charge in [0.1, 0.15) is 18.2 Å². The van der Waals surface area contributed by atoms with Gasteiger partial charge in [0, 0.05) is 17.8 Å². The highest BCUT2D eigenvalue weighted by Gasteiger charge is 2.11. The molecule has 0 aliphatic heterocycles. The van der Waals surface area contributed by atoms with E-state index >= 15 is 0 Å². The van der Waals surface area contributed by atoms with Gasteiger partial charge in [-0.1, -0.05) is 30.3 Å². The van der Waals surface area contributed by atoms with Crippen molar-refractivity contribution < 1.29 is 9.13 Å². The van der Waals surface area contributed by atoms with E-state index in [1.165, 1.54) is 30.7 Å². The zero-order valence-electron chi connectivity index (χ0n) is 11.6. The molecule has 1 N–H and O–H groups in total. The van der Waals surface area contributed by atoms with Crippen LogP contribution >= 0.6 is 0 Å². The second kappa shape index (κ2) is 6.22. The number of H-pyrrole nitrogens is 1. The standard InChI is InChI=1S/C17H13FN2O2/c18-13-6-7-14(15-9-19-11-20-17(15)21)16(8-13)22-10-12-4-2-1-3-5-12/h1-9,11H,10H2,(H,19,20,21). The van der Waals surface area contributed by atoms with Crippen LogP contribution in [0.4, 0.5) is 4.39 Å². The van der Waals surface area contributed by atoms with Gasteiger partial charge < -0.3 is 9.72 Å². The molecule has 0 saturated heterocycles. The maximum Gasteiger partial charge on any atom is 0.258 e. The van der Waals surface area contributed by atoms with Crippen molar-refractivity contribution in [2.24, 2.45) is 0 Å². The summed E-state index contributed by atoms with van der Waals surface area (Å²) in [6, 6.07) is 13.6. The molecule has 1 heterocycles. The predicted molar refractivity (Wildman–Crippen MR) is 81.0 cm³/mol. The average Bonchev–Trinajstić information content (AvgIpc) is 2.55.